The molecule has 1 aliphatic heterocycles. The van der Waals surface area contributed by atoms with Crippen LogP contribution in [0.5, 0.6) is 0 Å². The number of pyridine rings is 1. The van der Waals surface area contributed by atoms with Gasteiger partial charge in [-0.15, -0.1) is 0 Å². The second kappa shape index (κ2) is 7.40. The van der Waals surface area contributed by atoms with Crippen molar-refractivity contribution in [2.24, 2.45) is 0 Å². The van der Waals surface area contributed by atoms with Crippen LogP contribution in [0.3, 0.4) is 0 Å². The first-order chi connectivity index (χ1) is 13.4. The Balaban J connectivity index is 1.74. The van der Waals surface area contributed by atoms with Crippen LogP contribution < -0.4 is 5.32 Å². The van der Waals surface area contributed by atoms with E-state index in [0.717, 1.165) is 17.4 Å². The number of benzene rings is 1. The minimum atomic E-state index is 0.0215. The van der Waals surface area contributed by atoms with E-state index in [9.17, 15) is 0 Å². The Morgan fingerprint density at radius 3 is 2.43 bits per heavy atom. The molecule has 2 atom stereocenters. The van der Waals surface area contributed by atoms with Gasteiger partial charge in [-0.05, 0) is 62.3 Å². The van der Waals surface area contributed by atoms with E-state index in [0.29, 0.717) is 0 Å². The summed E-state index contributed by atoms with van der Waals surface area (Å²) in [7, 11) is 0. The molecular weight excluding hydrogens is 364 g/mol. The fourth-order valence-electron chi connectivity index (χ4n) is 3.72. The summed E-state index contributed by atoms with van der Waals surface area (Å²) in [6.07, 6.45) is 6.25. The molecule has 0 amide bonds. The van der Waals surface area contributed by atoms with E-state index in [4.69, 9.17) is 12.2 Å². The van der Waals surface area contributed by atoms with Gasteiger partial charge >= 0.3 is 0 Å². The van der Waals surface area contributed by atoms with Gasteiger partial charge in [0.05, 0.1) is 17.8 Å². The van der Waals surface area contributed by atoms with E-state index in [1.807, 2.05) is 24.4 Å². The molecule has 3 heterocycles. The zero-order valence-corrected chi connectivity index (χ0v) is 17.4. The summed E-state index contributed by atoms with van der Waals surface area (Å²) in [5.41, 5.74) is 3.53. The Bertz CT molecular complexity index is 943. The Morgan fingerprint density at radius 2 is 1.79 bits per heavy atom. The standard InChI is InChI=1S/C23H26N4S/c1-23(2,3)26-14-12-18(16-26)21-20(19-11-7-8-13-24-19)25-22(28)27(21)15-17-9-5-4-6-10-17/h4-14,16,20-21H,15H2,1-3H3,(H,25,28)/t20-,21+/m0/s1. The molecule has 1 saturated heterocycles. The third kappa shape index (κ3) is 3.67. The normalized spacial score (nSPS) is 19.7. The molecule has 144 valence electrons. The van der Waals surface area contributed by atoms with Crippen molar-refractivity contribution in [2.75, 3.05) is 0 Å². The number of nitrogens with zero attached hydrogens (tertiary/aromatic N) is 3. The molecule has 0 aliphatic carbocycles. The van der Waals surface area contributed by atoms with Crippen LogP contribution in [0.2, 0.25) is 0 Å². The monoisotopic (exact) mass is 390 g/mol. The fraction of sp³-hybridized carbons (Fsp3) is 0.304. The molecular formula is C23H26N4S. The number of nitrogens with one attached hydrogen (secondary N) is 1. The number of thiocarbonyl (C=S) groups is 1. The smallest absolute Gasteiger partial charge is 0.170 e. The Morgan fingerprint density at radius 1 is 1.04 bits per heavy atom. The molecule has 0 spiro atoms. The second-order valence-electron chi connectivity index (χ2n) is 8.26. The Hall–Kier alpha value is -2.66. The Labute approximate surface area is 172 Å². The summed E-state index contributed by atoms with van der Waals surface area (Å²) in [4.78, 5) is 6.90. The maximum absolute atomic E-state index is 5.75. The van der Waals surface area contributed by atoms with Gasteiger partial charge in [0.25, 0.3) is 0 Å². The van der Waals surface area contributed by atoms with Crippen LogP contribution in [0, 0.1) is 0 Å². The molecule has 1 N–H and O–H groups in total. The molecule has 0 radical (unpaired) electrons. The van der Waals surface area contributed by atoms with E-state index < -0.39 is 0 Å². The highest BCUT2D eigenvalue weighted by Crippen LogP contribution is 2.40. The molecule has 0 saturated carbocycles. The maximum atomic E-state index is 5.75. The van der Waals surface area contributed by atoms with Crippen molar-refractivity contribution in [1.29, 1.82) is 0 Å². The van der Waals surface area contributed by atoms with Gasteiger partial charge in [0.15, 0.2) is 5.11 Å². The molecule has 0 unspecified atom stereocenters. The predicted molar refractivity (Wildman–Crippen MR) is 117 cm³/mol. The molecule has 4 rings (SSSR count). The van der Waals surface area contributed by atoms with Crippen molar-refractivity contribution in [1.82, 2.24) is 19.8 Å². The molecule has 3 aromatic rings. The third-order valence-electron chi connectivity index (χ3n) is 5.23. The Kier molecular flexibility index (Phi) is 4.94. The highest BCUT2D eigenvalue weighted by Gasteiger charge is 2.40. The minimum Gasteiger partial charge on any atom is -0.352 e. The highest BCUT2D eigenvalue weighted by molar-refractivity contribution is 7.80. The molecule has 2 aromatic heterocycles. The third-order valence-corrected chi connectivity index (χ3v) is 5.58. The topological polar surface area (TPSA) is 33.1 Å². The number of aromatic nitrogens is 2. The number of hydrogen-bond donors (Lipinski definition) is 1. The van der Waals surface area contributed by atoms with Gasteiger partial charge < -0.3 is 14.8 Å². The molecule has 1 fully saturated rings. The lowest BCUT2D eigenvalue weighted by Crippen LogP contribution is -2.29. The van der Waals surface area contributed by atoms with Crippen LogP contribution in [0.1, 0.15) is 49.7 Å². The predicted octanol–water partition coefficient (Wildman–Crippen LogP) is 4.81. The lowest BCUT2D eigenvalue weighted by molar-refractivity contribution is 0.309. The first-order valence-corrected chi connectivity index (χ1v) is 10.0. The number of hydrogen-bond acceptors (Lipinski definition) is 2. The quantitative estimate of drug-likeness (QED) is 0.648. The van der Waals surface area contributed by atoms with Gasteiger partial charge in [-0.25, -0.2) is 0 Å². The van der Waals surface area contributed by atoms with E-state index in [1.54, 1.807) is 0 Å². The van der Waals surface area contributed by atoms with Crippen LogP contribution in [0.15, 0.2) is 73.2 Å². The van der Waals surface area contributed by atoms with Crippen molar-refractivity contribution >= 4 is 17.3 Å². The van der Waals surface area contributed by atoms with Gasteiger partial charge in [-0.2, -0.15) is 0 Å². The summed E-state index contributed by atoms with van der Waals surface area (Å²) in [6, 6.07) is 18.9. The fourth-order valence-corrected chi connectivity index (χ4v) is 4.03. The summed E-state index contributed by atoms with van der Waals surface area (Å²) in [5.74, 6) is 0. The van der Waals surface area contributed by atoms with E-state index >= 15 is 0 Å². The van der Waals surface area contributed by atoms with Crippen LogP contribution in [-0.2, 0) is 12.1 Å². The summed E-state index contributed by atoms with van der Waals surface area (Å²) < 4.78 is 2.26. The summed E-state index contributed by atoms with van der Waals surface area (Å²) in [5, 5.41) is 4.29. The van der Waals surface area contributed by atoms with Crippen molar-refractivity contribution < 1.29 is 0 Å². The highest BCUT2D eigenvalue weighted by atomic mass is 32.1. The lowest BCUT2D eigenvalue weighted by atomic mass is 9.98. The molecule has 0 bridgehead atoms. The number of rotatable bonds is 4. The van der Waals surface area contributed by atoms with Crippen LogP contribution in [-0.4, -0.2) is 19.6 Å². The molecule has 5 heteroatoms. The van der Waals surface area contributed by atoms with Gasteiger partial charge in [0.1, 0.15) is 0 Å². The summed E-state index contributed by atoms with van der Waals surface area (Å²) in [6.45, 7) is 7.41. The van der Waals surface area contributed by atoms with Gasteiger partial charge in [0.2, 0.25) is 0 Å². The van der Waals surface area contributed by atoms with Crippen molar-refractivity contribution in [2.45, 2.75) is 44.9 Å². The average molecular weight is 391 g/mol. The molecule has 28 heavy (non-hydrogen) atoms. The largest absolute Gasteiger partial charge is 0.352 e. The lowest BCUT2D eigenvalue weighted by Gasteiger charge is -2.28. The zero-order valence-electron chi connectivity index (χ0n) is 16.5. The maximum Gasteiger partial charge on any atom is 0.170 e. The van der Waals surface area contributed by atoms with Crippen molar-refractivity contribution in [3.63, 3.8) is 0 Å². The molecule has 1 aromatic carbocycles. The van der Waals surface area contributed by atoms with Gasteiger partial charge in [-0.1, -0.05) is 36.4 Å². The minimum absolute atomic E-state index is 0.0215. The van der Waals surface area contributed by atoms with Crippen molar-refractivity contribution in [3.05, 3.63) is 90.0 Å². The van der Waals surface area contributed by atoms with Gasteiger partial charge in [0, 0.05) is 30.7 Å². The van der Waals surface area contributed by atoms with E-state index in [2.05, 4.69) is 89.3 Å². The SMILES string of the molecule is CC(C)(C)n1ccc([C@@H]2[C@H](c3ccccn3)NC(=S)N2Cc2ccccc2)c1. The van der Waals surface area contributed by atoms with E-state index in [-0.39, 0.29) is 17.6 Å². The average Bonchev–Trinajstić information content (AvgIpc) is 3.29. The first kappa shape index (κ1) is 18.7. The van der Waals surface area contributed by atoms with Gasteiger partial charge in [-0.3, -0.25) is 4.98 Å². The summed E-state index contributed by atoms with van der Waals surface area (Å²) >= 11 is 5.75. The first-order valence-electron chi connectivity index (χ1n) is 9.64. The van der Waals surface area contributed by atoms with Crippen molar-refractivity contribution in [3.8, 4) is 0 Å². The molecule has 1 aliphatic rings. The second-order valence-corrected chi connectivity index (χ2v) is 8.65. The van der Waals surface area contributed by atoms with Crippen LogP contribution in [0.25, 0.3) is 0 Å². The van der Waals surface area contributed by atoms with Crippen LogP contribution >= 0.6 is 12.2 Å². The zero-order chi connectivity index (χ0) is 19.7. The molecule has 4 nitrogen and oxygen atoms in total. The van der Waals surface area contributed by atoms with E-state index in [1.165, 1.54) is 11.1 Å². The van der Waals surface area contributed by atoms with Crippen LogP contribution in [0.4, 0.5) is 0 Å².